The highest BCUT2D eigenvalue weighted by molar-refractivity contribution is 5.95. The maximum atomic E-state index is 11.9. The monoisotopic (exact) mass is 387 g/mol. The smallest absolute Gasteiger partial charge is 0.243 e. The summed E-state index contributed by atoms with van der Waals surface area (Å²) < 4.78 is 10.7. The summed E-state index contributed by atoms with van der Waals surface area (Å²) >= 11 is 0. The summed E-state index contributed by atoms with van der Waals surface area (Å²) in [5.74, 6) is 0.823. The Kier molecular flexibility index (Phi) is 10.1. The summed E-state index contributed by atoms with van der Waals surface area (Å²) in [6, 6.07) is 8.43. The first kappa shape index (κ1) is 23.1. The Morgan fingerprint density at radius 2 is 1.96 bits per heavy atom. The molecule has 0 aliphatic heterocycles. The largest absolute Gasteiger partial charge is 0.439 e. The predicted octanol–water partition coefficient (Wildman–Crippen LogP) is 3.25. The number of aromatic nitrogens is 1. The van der Waals surface area contributed by atoms with E-state index in [4.69, 9.17) is 15.2 Å². The van der Waals surface area contributed by atoms with E-state index in [1.54, 1.807) is 18.3 Å². The van der Waals surface area contributed by atoms with Crippen molar-refractivity contribution in [2.24, 2.45) is 5.73 Å². The van der Waals surface area contributed by atoms with E-state index >= 15 is 0 Å². The van der Waals surface area contributed by atoms with Crippen molar-refractivity contribution in [3.05, 3.63) is 47.7 Å². The number of nitrogens with zero attached hydrogens (tertiary/aromatic N) is 1. The zero-order valence-electron chi connectivity index (χ0n) is 14.3. The zero-order chi connectivity index (χ0) is 16.8. The van der Waals surface area contributed by atoms with Crippen molar-refractivity contribution in [2.75, 3.05) is 19.0 Å². The van der Waals surface area contributed by atoms with E-state index in [1.165, 1.54) is 7.11 Å². The van der Waals surface area contributed by atoms with Crippen molar-refractivity contribution in [3.63, 3.8) is 0 Å². The lowest BCUT2D eigenvalue weighted by atomic mass is 10.2. The van der Waals surface area contributed by atoms with Crippen LogP contribution in [0, 0.1) is 13.8 Å². The maximum Gasteiger partial charge on any atom is 0.243 e. The predicted molar refractivity (Wildman–Crippen MR) is 103 cm³/mol. The lowest BCUT2D eigenvalue weighted by molar-refractivity contribution is -0.118. The van der Waals surface area contributed by atoms with Gasteiger partial charge >= 0.3 is 0 Å². The van der Waals surface area contributed by atoms with Crippen LogP contribution in [0.4, 0.5) is 5.69 Å². The Balaban J connectivity index is 0.00000288. The molecular formula is C17H23Cl2N3O3. The Labute approximate surface area is 159 Å². The molecule has 1 atom stereocenters. The number of anilines is 1. The van der Waals surface area contributed by atoms with Crippen LogP contribution in [-0.2, 0) is 9.53 Å². The van der Waals surface area contributed by atoms with E-state index in [-0.39, 0.29) is 37.3 Å². The van der Waals surface area contributed by atoms with Crippen LogP contribution < -0.4 is 15.8 Å². The van der Waals surface area contributed by atoms with Crippen LogP contribution in [0.3, 0.4) is 0 Å². The van der Waals surface area contributed by atoms with Gasteiger partial charge in [-0.25, -0.2) is 4.98 Å². The zero-order valence-corrected chi connectivity index (χ0v) is 15.9. The number of amides is 1. The number of rotatable bonds is 6. The quantitative estimate of drug-likeness (QED) is 0.794. The Hall–Kier alpha value is -1.86. The summed E-state index contributed by atoms with van der Waals surface area (Å²) in [6.45, 7) is 4.05. The van der Waals surface area contributed by atoms with Gasteiger partial charge in [0.25, 0.3) is 0 Å². The molecule has 1 amide bonds. The highest BCUT2D eigenvalue weighted by Crippen LogP contribution is 2.27. The molecule has 3 N–H and O–H groups in total. The topological polar surface area (TPSA) is 86.5 Å². The number of hydrogen-bond acceptors (Lipinski definition) is 5. The van der Waals surface area contributed by atoms with Crippen LogP contribution in [0.2, 0.25) is 0 Å². The van der Waals surface area contributed by atoms with Gasteiger partial charge in [0.05, 0.1) is 6.61 Å². The molecule has 0 aliphatic rings. The minimum atomic E-state index is -0.718. The number of carbonyl (C=O) groups is 1. The van der Waals surface area contributed by atoms with Gasteiger partial charge in [0.1, 0.15) is 11.8 Å². The molecule has 0 saturated heterocycles. The SMILES string of the molecule is COCC(N)C(=O)Nc1ccc(C)c(Oc2cc(C)ccn2)c1.Cl.Cl. The second-order valence-corrected chi connectivity index (χ2v) is 5.30. The first-order chi connectivity index (χ1) is 11.0. The molecular weight excluding hydrogens is 365 g/mol. The van der Waals surface area contributed by atoms with E-state index in [0.29, 0.717) is 17.3 Å². The maximum absolute atomic E-state index is 11.9. The number of carbonyl (C=O) groups excluding carboxylic acids is 1. The standard InChI is InChI=1S/C17H21N3O3.2ClH/c1-11-6-7-19-16(8-11)23-15-9-13(5-4-12(15)2)20-17(21)14(18)10-22-3;;/h4-9,14H,10,18H2,1-3H3,(H,20,21);2*1H. The molecule has 138 valence electrons. The summed E-state index contributed by atoms with van der Waals surface area (Å²) in [5.41, 5.74) is 8.31. The molecule has 1 aromatic carbocycles. The fraction of sp³-hybridized carbons (Fsp3) is 0.294. The molecule has 25 heavy (non-hydrogen) atoms. The third-order valence-corrected chi connectivity index (χ3v) is 3.24. The van der Waals surface area contributed by atoms with E-state index < -0.39 is 6.04 Å². The average Bonchev–Trinajstić information content (AvgIpc) is 2.51. The number of nitrogens with one attached hydrogen (secondary N) is 1. The molecule has 0 fully saturated rings. The molecule has 1 heterocycles. The number of benzene rings is 1. The van der Waals surface area contributed by atoms with Gasteiger partial charge in [0.2, 0.25) is 11.8 Å². The molecule has 6 nitrogen and oxygen atoms in total. The van der Waals surface area contributed by atoms with Crippen LogP contribution in [0.25, 0.3) is 0 Å². The Morgan fingerprint density at radius 3 is 2.60 bits per heavy atom. The van der Waals surface area contributed by atoms with Crippen molar-refractivity contribution >= 4 is 36.4 Å². The van der Waals surface area contributed by atoms with Crippen LogP contribution >= 0.6 is 24.8 Å². The molecule has 0 saturated carbocycles. The van der Waals surface area contributed by atoms with Gasteiger partial charge in [-0.05, 0) is 37.1 Å². The molecule has 0 aliphatic carbocycles. The summed E-state index contributed by atoms with van der Waals surface area (Å²) in [6.07, 6.45) is 1.69. The summed E-state index contributed by atoms with van der Waals surface area (Å²) in [4.78, 5) is 16.1. The minimum Gasteiger partial charge on any atom is -0.439 e. The number of pyridine rings is 1. The van der Waals surface area contributed by atoms with Gasteiger partial charge in [-0.1, -0.05) is 6.07 Å². The van der Waals surface area contributed by atoms with Gasteiger partial charge in [0.15, 0.2) is 0 Å². The van der Waals surface area contributed by atoms with Gasteiger partial charge in [-0.3, -0.25) is 4.79 Å². The third-order valence-electron chi connectivity index (χ3n) is 3.24. The summed E-state index contributed by atoms with van der Waals surface area (Å²) in [7, 11) is 1.50. The molecule has 0 radical (unpaired) electrons. The Morgan fingerprint density at radius 1 is 1.24 bits per heavy atom. The van der Waals surface area contributed by atoms with Crippen molar-refractivity contribution in [1.82, 2.24) is 4.98 Å². The number of hydrogen-bond donors (Lipinski definition) is 2. The number of aryl methyl sites for hydroxylation is 2. The fourth-order valence-electron chi connectivity index (χ4n) is 1.95. The lowest BCUT2D eigenvalue weighted by Gasteiger charge is -2.13. The van der Waals surface area contributed by atoms with Crippen molar-refractivity contribution < 1.29 is 14.3 Å². The van der Waals surface area contributed by atoms with E-state index in [0.717, 1.165) is 11.1 Å². The molecule has 8 heteroatoms. The Bertz CT molecular complexity index is 699. The minimum absolute atomic E-state index is 0. The fourth-order valence-corrected chi connectivity index (χ4v) is 1.95. The summed E-state index contributed by atoms with van der Waals surface area (Å²) in [5, 5.41) is 2.75. The van der Waals surface area contributed by atoms with Crippen molar-refractivity contribution in [2.45, 2.75) is 19.9 Å². The third kappa shape index (κ3) is 6.88. The average molecular weight is 388 g/mol. The van der Waals surface area contributed by atoms with E-state index in [1.807, 2.05) is 32.0 Å². The van der Waals surface area contributed by atoms with Crippen LogP contribution in [-0.4, -0.2) is 30.6 Å². The lowest BCUT2D eigenvalue weighted by Crippen LogP contribution is -2.39. The molecule has 2 rings (SSSR count). The second kappa shape index (κ2) is 10.9. The van der Waals surface area contributed by atoms with Crippen LogP contribution in [0.1, 0.15) is 11.1 Å². The van der Waals surface area contributed by atoms with E-state index in [2.05, 4.69) is 10.3 Å². The molecule has 0 spiro atoms. The van der Waals surface area contributed by atoms with Crippen LogP contribution in [0.5, 0.6) is 11.6 Å². The number of methoxy groups -OCH3 is 1. The number of halogens is 2. The van der Waals surface area contributed by atoms with Gasteiger partial charge in [-0.15, -0.1) is 24.8 Å². The van der Waals surface area contributed by atoms with E-state index in [9.17, 15) is 4.79 Å². The normalized spacial score (nSPS) is 10.9. The molecule has 1 aromatic heterocycles. The van der Waals surface area contributed by atoms with Crippen molar-refractivity contribution in [1.29, 1.82) is 0 Å². The number of nitrogens with two attached hydrogens (primary N) is 1. The van der Waals surface area contributed by atoms with Gasteiger partial charge in [-0.2, -0.15) is 0 Å². The first-order valence-electron chi connectivity index (χ1n) is 7.26. The molecule has 1 unspecified atom stereocenters. The van der Waals surface area contributed by atoms with Gasteiger partial charge < -0.3 is 20.5 Å². The van der Waals surface area contributed by atoms with Crippen molar-refractivity contribution in [3.8, 4) is 11.6 Å². The highest BCUT2D eigenvalue weighted by atomic mass is 35.5. The van der Waals surface area contributed by atoms with Gasteiger partial charge in [0, 0.05) is 31.1 Å². The number of ether oxygens (including phenoxy) is 2. The second-order valence-electron chi connectivity index (χ2n) is 5.30. The highest BCUT2D eigenvalue weighted by Gasteiger charge is 2.14. The molecule has 2 aromatic rings. The first-order valence-corrected chi connectivity index (χ1v) is 7.26. The molecule has 0 bridgehead atoms. The van der Waals surface area contributed by atoms with Crippen LogP contribution in [0.15, 0.2) is 36.5 Å².